The van der Waals surface area contributed by atoms with Crippen molar-refractivity contribution in [3.05, 3.63) is 11.6 Å². The molecule has 4 rings (SSSR count). The Morgan fingerprint density at radius 3 is 2.52 bits per heavy atom. The SMILES string of the molecule is CC.CCC1CCC2C3CCC4CC(C)=CCC4C3CCC12C. The van der Waals surface area contributed by atoms with E-state index in [2.05, 4.69) is 26.8 Å². The lowest BCUT2D eigenvalue weighted by Crippen LogP contribution is -2.47. The lowest BCUT2D eigenvalue weighted by molar-refractivity contribution is -0.0530. The lowest BCUT2D eigenvalue weighted by atomic mass is 9.50. The summed E-state index contributed by atoms with van der Waals surface area (Å²) in [5.41, 5.74) is 2.39. The van der Waals surface area contributed by atoms with Crippen LogP contribution in [0, 0.1) is 40.9 Å². The summed E-state index contributed by atoms with van der Waals surface area (Å²) in [7, 11) is 0. The van der Waals surface area contributed by atoms with E-state index in [1.54, 1.807) is 37.7 Å². The summed E-state index contributed by atoms with van der Waals surface area (Å²) in [6.45, 7) is 11.5. The van der Waals surface area contributed by atoms with Gasteiger partial charge in [0.1, 0.15) is 0 Å². The molecule has 0 radical (unpaired) electrons. The summed E-state index contributed by atoms with van der Waals surface area (Å²) >= 11 is 0. The van der Waals surface area contributed by atoms with E-state index in [0.717, 1.165) is 35.5 Å². The molecule has 7 unspecified atom stereocenters. The zero-order valence-electron chi connectivity index (χ0n) is 16.4. The number of allylic oxidation sites excluding steroid dienone is 2. The first-order valence-electron chi connectivity index (χ1n) is 10.8. The van der Waals surface area contributed by atoms with Gasteiger partial charge in [-0.25, -0.2) is 0 Å². The molecule has 0 saturated heterocycles. The predicted molar refractivity (Wildman–Crippen MR) is 101 cm³/mol. The molecule has 0 spiro atoms. The average molecular weight is 317 g/mol. The minimum Gasteiger partial charge on any atom is -0.0853 e. The molecule has 23 heavy (non-hydrogen) atoms. The van der Waals surface area contributed by atoms with Gasteiger partial charge in [-0.1, -0.05) is 45.8 Å². The molecule has 0 amide bonds. The van der Waals surface area contributed by atoms with Crippen molar-refractivity contribution in [2.45, 2.75) is 92.4 Å². The van der Waals surface area contributed by atoms with Crippen molar-refractivity contribution in [1.29, 1.82) is 0 Å². The Labute approximate surface area is 145 Å². The maximum atomic E-state index is 2.67. The first-order valence-corrected chi connectivity index (χ1v) is 10.8. The molecule has 0 heterocycles. The largest absolute Gasteiger partial charge is 0.0853 e. The van der Waals surface area contributed by atoms with Gasteiger partial charge in [0.2, 0.25) is 0 Å². The third kappa shape index (κ3) is 2.83. The zero-order valence-corrected chi connectivity index (χ0v) is 16.4. The summed E-state index contributed by atoms with van der Waals surface area (Å²) in [6.07, 6.45) is 16.2. The van der Waals surface area contributed by atoms with Crippen LogP contribution in [-0.2, 0) is 0 Å². The number of rotatable bonds is 1. The molecule has 7 atom stereocenters. The second-order valence-corrected chi connectivity index (χ2v) is 9.15. The van der Waals surface area contributed by atoms with Crippen LogP contribution in [0.3, 0.4) is 0 Å². The summed E-state index contributed by atoms with van der Waals surface area (Å²) in [5, 5.41) is 0. The number of fused-ring (bicyclic) bond motifs is 5. The Balaban J connectivity index is 0.000000753. The van der Waals surface area contributed by atoms with Gasteiger partial charge in [0.15, 0.2) is 0 Å². The molecular weight excluding hydrogens is 276 g/mol. The number of hydrogen-bond acceptors (Lipinski definition) is 0. The third-order valence-electron chi connectivity index (χ3n) is 8.53. The summed E-state index contributed by atoms with van der Waals surface area (Å²) in [5.74, 6) is 6.39. The van der Waals surface area contributed by atoms with Crippen molar-refractivity contribution < 1.29 is 0 Å². The Hall–Kier alpha value is -0.260. The van der Waals surface area contributed by atoms with Gasteiger partial charge in [-0.05, 0) is 99.2 Å². The van der Waals surface area contributed by atoms with Crippen LogP contribution < -0.4 is 0 Å². The van der Waals surface area contributed by atoms with Crippen molar-refractivity contribution in [1.82, 2.24) is 0 Å². The fourth-order valence-corrected chi connectivity index (χ4v) is 7.47. The smallest absolute Gasteiger partial charge is 0.0266 e. The fraction of sp³-hybridized carbons (Fsp3) is 0.913. The normalized spacial score (nSPS) is 48.3. The van der Waals surface area contributed by atoms with Gasteiger partial charge in [0.25, 0.3) is 0 Å². The Morgan fingerprint density at radius 2 is 1.78 bits per heavy atom. The molecule has 3 saturated carbocycles. The molecule has 0 aromatic heterocycles. The Morgan fingerprint density at radius 1 is 1.00 bits per heavy atom. The van der Waals surface area contributed by atoms with Crippen LogP contribution in [0.25, 0.3) is 0 Å². The van der Waals surface area contributed by atoms with Gasteiger partial charge in [-0.2, -0.15) is 0 Å². The van der Waals surface area contributed by atoms with Crippen LogP contribution in [0.5, 0.6) is 0 Å². The van der Waals surface area contributed by atoms with Crippen molar-refractivity contribution in [3.8, 4) is 0 Å². The van der Waals surface area contributed by atoms with Crippen molar-refractivity contribution in [2.75, 3.05) is 0 Å². The first kappa shape index (κ1) is 17.6. The monoisotopic (exact) mass is 316 g/mol. The Kier molecular flexibility index (Phi) is 5.29. The van der Waals surface area contributed by atoms with Crippen LogP contribution in [0.2, 0.25) is 0 Å². The van der Waals surface area contributed by atoms with Crippen LogP contribution in [0.15, 0.2) is 11.6 Å². The van der Waals surface area contributed by atoms with E-state index in [-0.39, 0.29) is 0 Å². The highest BCUT2D eigenvalue weighted by Crippen LogP contribution is 2.64. The van der Waals surface area contributed by atoms with Crippen LogP contribution >= 0.6 is 0 Å². The molecule has 4 aliphatic rings. The van der Waals surface area contributed by atoms with Crippen LogP contribution in [-0.4, -0.2) is 0 Å². The van der Waals surface area contributed by atoms with E-state index >= 15 is 0 Å². The molecule has 0 nitrogen and oxygen atoms in total. The molecule has 0 bridgehead atoms. The standard InChI is InChI=1S/C21H34.C2H6/c1-4-16-7-10-20-19-9-6-15-13-14(2)5-8-17(15)18(19)11-12-21(16,20)3;1-2/h5,15-20H,4,6-13H2,1-3H3;1-2H3. The topological polar surface area (TPSA) is 0 Å². The van der Waals surface area contributed by atoms with Gasteiger partial charge < -0.3 is 0 Å². The molecule has 0 heteroatoms. The second kappa shape index (κ2) is 6.93. The van der Waals surface area contributed by atoms with E-state index in [4.69, 9.17) is 0 Å². The van der Waals surface area contributed by atoms with Gasteiger partial charge in [0, 0.05) is 0 Å². The van der Waals surface area contributed by atoms with Crippen molar-refractivity contribution in [2.24, 2.45) is 40.9 Å². The average Bonchev–Trinajstić information content (AvgIpc) is 2.92. The van der Waals surface area contributed by atoms with Crippen LogP contribution in [0.4, 0.5) is 0 Å². The zero-order chi connectivity index (χ0) is 16.6. The third-order valence-corrected chi connectivity index (χ3v) is 8.53. The predicted octanol–water partition coefficient (Wildman–Crippen LogP) is 7.25. The maximum absolute atomic E-state index is 2.67. The van der Waals surface area contributed by atoms with E-state index < -0.39 is 0 Å². The fourth-order valence-electron chi connectivity index (χ4n) is 7.47. The maximum Gasteiger partial charge on any atom is -0.0266 e. The molecule has 0 N–H and O–H groups in total. The lowest BCUT2D eigenvalue weighted by Gasteiger charge is -2.55. The van der Waals surface area contributed by atoms with Gasteiger partial charge in [0.05, 0.1) is 0 Å². The highest BCUT2D eigenvalue weighted by atomic mass is 14.6. The summed E-state index contributed by atoms with van der Waals surface area (Å²) < 4.78 is 0. The minimum atomic E-state index is 0.711. The van der Waals surface area contributed by atoms with Crippen molar-refractivity contribution >= 4 is 0 Å². The highest BCUT2D eigenvalue weighted by Gasteiger charge is 2.55. The molecular formula is C23H40. The molecule has 4 aliphatic carbocycles. The Bertz CT molecular complexity index is 433. The molecule has 0 aromatic rings. The van der Waals surface area contributed by atoms with Gasteiger partial charge in [-0.15, -0.1) is 0 Å². The molecule has 132 valence electrons. The minimum absolute atomic E-state index is 0.711. The van der Waals surface area contributed by atoms with Crippen molar-refractivity contribution in [3.63, 3.8) is 0 Å². The molecule has 0 aliphatic heterocycles. The quantitative estimate of drug-likeness (QED) is 0.447. The van der Waals surface area contributed by atoms with Gasteiger partial charge >= 0.3 is 0 Å². The summed E-state index contributed by atoms with van der Waals surface area (Å²) in [4.78, 5) is 0. The second-order valence-electron chi connectivity index (χ2n) is 9.15. The van der Waals surface area contributed by atoms with E-state index in [9.17, 15) is 0 Å². The van der Waals surface area contributed by atoms with Crippen LogP contribution in [0.1, 0.15) is 92.4 Å². The first-order chi connectivity index (χ1) is 11.1. The van der Waals surface area contributed by atoms with E-state index in [0.29, 0.717) is 5.41 Å². The van der Waals surface area contributed by atoms with Gasteiger partial charge in [-0.3, -0.25) is 0 Å². The molecule has 3 fully saturated rings. The number of hydrogen-bond donors (Lipinski definition) is 0. The molecule has 0 aromatic carbocycles. The summed E-state index contributed by atoms with van der Waals surface area (Å²) in [6, 6.07) is 0. The highest BCUT2D eigenvalue weighted by molar-refractivity contribution is 5.11. The van der Waals surface area contributed by atoms with E-state index in [1.165, 1.54) is 25.7 Å². The van der Waals surface area contributed by atoms with E-state index in [1.807, 2.05) is 13.8 Å².